The number of aromatic nitrogens is 2. The highest BCUT2D eigenvalue weighted by atomic mass is 16.5. The largest absolute Gasteiger partial charge is 0.487 e. The number of benzene rings is 1. The first kappa shape index (κ1) is 18.5. The van der Waals surface area contributed by atoms with Crippen molar-refractivity contribution in [1.82, 2.24) is 14.3 Å². The third-order valence-electron chi connectivity index (χ3n) is 5.07. The second-order valence-electron chi connectivity index (χ2n) is 7.72. The summed E-state index contributed by atoms with van der Waals surface area (Å²) in [7, 11) is 0. The predicted molar refractivity (Wildman–Crippen MR) is 110 cm³/mol. The Balaban J connectivity index is 1.44. The zero-order chi connectivity index (χ0) is 19.5. The van der Waals surface area contributed by atoms with Gasteiger partial charge in [-0.1, -0.05) is 19.1 Å². The number of carbonyl (C=O) groups is 1. The van der Waals surface area contributed by atoms with Crippen LogP contribution < -0.4 is 4.74 Å². The molecule has 28 heavy (non-hydrogen) atoms. The molecule has 5 nitrogen and oxygen atoms in total. The van der Waals surface area contributed by atoms with Crippen molar-refractivity contribution in [1.29, 1.82) is 0 Å². The van der Waals surface area contributed by atoms with Gasteiger partial charge < -0.3 is 14.0 Å². The minimum absolute atomic E-state index is 0.0994. The Hall–Kier alpha value is -2.82. The number of hydrogen-bond acceptors (Lipinski definition) is 3. The Bertz CT molecular complexity index is 975. The van der Waals surface area contributed by atoms with Crippen LogP contribution in [0.1, 0.15) is 47.8 Å². The van der Waals surface area contributed by atoms with Crippen molar-refractivity contribution in [2.24, 2.45) is 5.92 Å². The van der Waals surface area contributed by atoms with Crippen molar-refractivity contribution in [3.05, 3.63) is 65.6 Å². The fourth-order valence-electron chi connectivity index (χ4n) is 3.44. The molecular formula is C23H27N3O2. The molecule has 5 heteroatoms. The fraction of sp³-hybridized carbons (Fsp3) is 0.391. The number of imidazole rings is 1. The van der Waals surface area contributed by atoms with Gasteiger partial charge in [0.1, 0.15) is 18.0 Å². The second kappa shape index (κ2) is 8.05. The number of fused-ring (bicyclic) bond motifs is 1. The average Bonchev–Trinajstić information content (AvgIpc) is 3.42. The maximum absolute atomic E-state index is 12.9. The van der Waals surface area contributed by atoms with E-state index >= 15 is 0 Å². The van der Waals surface area contributed by atoms with Crippen LogP contribution in [0.4, 0.5) is 0 Å². The summed E-state index contributed by atoms with van der Waals surface area (Å²) in [6.45, 7) is 6.23. The number of ether oxygens (including phenoxy) is 1. The smallest absolute Gasteiger partial charge is 0.253 e. The minimum Gasteiger partial charge on any atom is -0.487 e. The van der Waals surface area contributed by atoms with Gasteiger partial charge in [-0.05, 0) is 61.9 Å². The van der Waals surface area contributed by atoms with E-state index in [0.717, 1.165) is 30.9 Å². The van der Waals surface area contributed by atoms with Crippen molar-refractivity contribution in [3.63, 3.8) is 0 Å². The highest BCUT2D eigenvalue weighted by Gasteiger charge is 2.27. The van der Waals surface area contributed by atoms with E-state index in [1.807, 2.05) is 58.1 Å². The number of nitrogens with zero attached hydrogens (tertiary/aromatic N) is 3. The number of aryl methyl sites for hydroxylation is 1. The molecule has 0 spiro atoms. The van der Waals surface area contributed by atoms with Crippen molar-refractivity contribution in [2.75, 3.05) is 13.1 Å². The number of carbonyl (C=O) groups excluding carboxylic acids is 1. The summed E-state index contributed by atoms with van der Waals surface area (Å²) in [6.07, 6.45) is 7.50. The molecule has 1 aromatic carbocycles. The first-order valence-corrected chi connectivity index (χ1v) is 10.1. The lowest BCUT2D eigenvalue weighted by Crippen LogP contribution is -2.33. The maximum Gasteiger partial charge on any atom is 0.253 e. The van der Waals surface area contributed by atoms with E-state index in [0.29, 0.717) is 23.8 Å². The molecule has 3 aromatic rings. The molecule has 0 unspecified atom stereocenters. The number of rotatable bonds is 8. The fourth-order valence-corrected chi connectivity index (χ4v) is 3.44. The third-order valence-corrected chi connectivity index (χ3v) is 5.07. The predicted octanol–water partition coefficient (Wildman–Crippen LogP) is 4.48. The lowest BCUT2D eigenvalue weighted by molar-refractivity contribution is 0.0747. The van der Waals surface area contributed by atoms with Gasteiger partial charge in [-0.25, -0.2) is 4.98 Å². The van der Waals surface area contributed by atoms with Gasteiger partial charge in [0, 0.05) is 31.0 Å². The molecule has 0 radical (unpaired) electrons. The van der Waals surface area contributed by atoms with Gasteiger partial charge in [0.25, 0.3) is 5.91 Å². The summed E-state index contributed by atoms with van der Waals surface area (Å²) in [5.74, 6) is 1.48. The van der Waals surface area contributed by atoms with Gasteiger partial charge in [-0.3, -0.25) is 4.79 Å². The number of hydrogen-bond donors (Lipinski definition) is 0. The Morgan fingerprint density at radius 1 is 1.25 bits per heavy atom. The molecule has 1 amide bonds. The molecule has 0 saturated heterocycles. The van der Waals surface area contributed by atoms with E-state index in [4.69, 9.17) is 4.74 Å². The Morgan fingerprint density at radius 2 is 2.11 bits per heavy atom. The van der Waals surface area contributed by atoms with E-state index in [9.17, 15) is 4.79 Å². The van der Waals surface area contributed by atoms with E-state index in [-0.39, 0.29) is 5.91 Å². The molecule has 0 N–H and O–H groups in total. The van der Waals surface area contributed by atoms with E-state index in [2.05, 4.69) is 18.8 Å². The van der Waals surface area contributed by atoms with Crippen molar-refractivity contribution in [3.8, 4) is 5.75 Å². The SMILES string of the molecule is CCCN(CC1CC1)C(=O)c1cccc(OCc2cn3cc(C)ccc3n2)c1. The van der Waals surface area contributed by atoms with Crippen LogP contribution in [-0.4, -0.2) is 33.3 Å². The third kappa shape index (κ3) is 4.35. The Kier molecular flexibility index (Phi) is 5.33. The summed E-state index contributed by atoms with van der Waals surface area (Å²) >= 11 is 0. The average molecular weight is 377 g/mol. The second-order valence-corrected chi connectivity index (χ2v) is 7.72. The van der Waals surface area contributed by atoms with Crippen molar-refractivity contribution < 1.29 is 9.53 Å². The molecular weight excluding hydrogens is 350 g/mol. The topological polar surface area (TPSA) is 46.8 Å². The molecule has 1 fully saturated rings. The Morgan fingerprint density at radius 3 is 2.89 bits per heavy atom. The summed E-state index contributed by atoms with van der Waals surface area (Å²) in [5.41, 5.74) is 3.65. The number of pyridine rings is 1. The standard InChI is InChI=1S/C23H27N3O2/c1-3-11-25(14-18-8-9-18)23(27)19-5-4-6-21(12-19)28-16-20-15-26-13-17(2)7-10-22(26)24-20/h4-7,10,12-13,15,18H,3,8-9,11,14,16H2,1-2H3. The molecule has 0 bridgehead atoms. The normalized spacial score (nSPS) is 13.6. The van der Waals surface area contributed by atoms with E-state index in [1.54, 1.807) is 0 Å². The first-order valence-electron chi connectivity index (χ1n) is 10.1. The molecule has 146 valence electrons. The van der Waals surface area contributed by atoms with Crippen LogP contribution in [-0.2, 0) is 6.61 Å². The molecule has 1 aliphatic carbocycles. The van der Waals surface area contributed by atoms with Crippen LogP contribution in [0.2, 0.25) is 0 Å². The lowest BCUT2D eigenvalue weighted by atomic mass is 10.1. The summed E-state index contributed by atoms with van der Waals surface area (Å²) in [6, 6.07) is 11.5. The van der Waals surface area contributed by atoms with Gasteiger partial charge in [0.2, 0.25) is 0 Å². The molecule has 2 aromatic heterocycles. The van der Waals surface area contributed by atoms with Gasteiger partial charge >= 0.3 is 0 Å². The zero-order valence-electron chi connectivity index (χ0n) is 16.6. The minimum atomic E-state index is 0.0994. The quantitative estimate of drug-likeness (QED) is 0.581. The van der Waals surface area contributed by atoms with Crippen LogP contribution in [0, 0.1) is 12.8 Å². The molecule has 2 heterocycles. The molecule has 0 atom stereocenters. The van der Waals surface area contributed by atoms with Crippen LogP contribution in [0.15, 0.2) is 48.8 Å². The van der Waals surface area contributed by atoms with Crippen molar-refractivity contribution >= 4 is 11.6 Å². The number of amides is 1. The molecule has 0 aliphatic heterocycles. The highest BCUT2D eigenvalue weighted by Crippen LogP contribution is 2.30. The van der Waals surface area contributed by atoms with Gasteiger partial charge in [-0.15, -0.1) is 0 Å². The first-order chi connectivity index (χ1) is 13.6. The molecule has 4 rings (SSSR count). The Labute approximate surface area is 166 Å². The van der Waals surface area contributed by atoms with Crippen molar-refractivity contribution in [2.45, 2.75) is 39.7 Å². The van der Waals surface area contributed by atoms with Gasteiger partial charge in [0.15, 0.2) is 0 Å². The monoisotopic (exact) mass is 377 g/mol. The van der Waals surface area contributed by atoms with Crippen LogP contribution in [0.5, 0.6) is 5.75 Å². The summed E-state index contributed by atoms with van der Waals surface area (Å²) < 4.78 is 7.94. The van der Waals surface area contributed by atoms with Crippen LogP contribution in [0.25, 0.3) is 5.65 Å². The van der Waals surface area contributed by atoms with Gasteiger partial charge in [-0.2, -0.15) is 0 Å². The van der Waals surface area contributed by atoms with Crippen LogP contribution in [0.3, 0.4) is 0 Å². The molecule has 1 aliphatic rings. The summed E-state index contributed by atoms with van der Waals surface area (Å²) in [5, 5.41) is 0. The van der Waals surface area contributed by atoms with E-state index in [1.165, 1.54) is 18.4 Å². The van der Waals surface area contributed by atoms with E-state index < -0.39 is 0 Å². The van der Waals surface area contributed by atoms with Crippen LogP contribution >= 0.6 is 0 Å². The maximum atomic E-state index is 12.9. The van der Waals surface area contributed by atoms with Gasteiger partial charge in [0.05, 0.1) is 5.69 Å². The zero-order valence-corrected chi connectivity index (χ0v) is 16.6. The molecule has 1 saturated carbocycles. The highest BCUT2D eigenvalue weighted by molar-refractivity contribution is 5.94. The summed E-state index contributed by atoms with van der Waals surface area (Å²) in [4.78, 5) is 19.5. The lowest BCUT2D eigenvalue weighted by Gasteiger charge is -2.22.